The maximum Gasteiger partial charge on any atom is 0.240 e. The van der Waals surface area contributed by atoms with Crippen molar-refractivity contribution in [1.29, 1.82) is 0 Å². The normalized spacial score (nSPS) is 34.8. The molecule has 2 fully saturated rings. The number of carbonyl (C=O) groups is 1. The van der Waals surface area contributed by atoms with Crippen LogP contribution in [0.4, 0.5) is 0 Å². The topological polar surface area (TPSA) is 32.3 Å². The first kappa shape index (κ1) is 14.8. The van der Waals surface area contributed by atoms with Gasteiger partial charge in [-0.05, 0) is 43.6 Å². The van der Waals surface area contributed by atoms with Crippen LogP contribution in [0.25, 0.3) is 0 Å². The summed E-state index contributed by atoms with van der Waals surface area (Å²) < 4.78 is 0. The largest absolute Gasteiger partial charge is 0.341 e. The molecule has 110 valence electrons. The average molecular weight is 266 g/mol. The monoisotopic (exact) mass is 266 g/mol. The molecule has 1 heterocycles. The number of nitrogens with zero attached hydrogens (tertiary/aromatic N) is 1. The lowest BCUT2D eigenvalue weighted by molar-refractivity contribution is -0.139. The van der Waals surface area contributed by atoms with Gasteiger partial charge >= 0.3 is 0 Å². The third kappa shape index (κ3) is 3.31. The zero-order valence-electron chi connectivity index (χ0n) is 13.0. The lowest BCUT2D eigenvalue weighted by Crippen LogP contribution is -2.57. The van der Waals surface area contributed by atoms with E-state index in [-0.39, 0.29) is 11.5 Å². The number of amides is 1. The molecule has 0 bridgehead atoms. The molecule has 1 aliphatic heterocycles. The van der Waals surface area contributed by atoms with Gasteiger partial charge < -0.3 is 10.2 Å². The highest BCUT2D eigenvalue weighted by molar-refractivity contribution is 5.83. The summed E-state index contributed by atoms with van der Waals surface area (Å²) in [5.74, 6) is 1.07. The molecule has 0 radical (unpaired) electrons. The fourth-order valence-corrected chi connectivity index (χ4v) is 3.77. The van der Waals surface area contributed by atoms with Gasteiger partial charge in [-0.3, -0.25) is 4.79 Å². The van der Waals surface area contributed by atoms with Crippen LogP contribution in [0.2, 0.25) is 0 Å². The molecule has 1 N–H and O–H groups in total. The predicted molar refractivity (Wildman–Crippen MR) is 79.0 cm³/mol. The fraction of sp³-hybridized carbons (Fsp3) is 0.938. The van der Waals surface area contributed by atoms with Gasteiger partial charge in [-0.15, -0.1) is 0 Å². The quantitative estimate of drug-likeness (QED) is 0.833. The van der Waals surface area contributed by atoms with E-state index in [1.54, 1.807) is 0 Å². The first-order valence-electron chi connectivity index (χ1n) is 7.92. The van der Waals surface area contributed by atoms with Gasteiger partial charge in [0.25, 0.3) is 0 Å². The summed E-state index contributed by atoms with van der Waals surface area (Å²) in [5.41, 5.74) is 0.0872. The molecule has 0 spiro atoms. The average Bonchev–Trinajstić information content (AvgIpc) is 2.36. The highest BCUT2D eigenvalue weighted by atomic mass is 16.2. The molecule has 3 unspecified atom stereocenters. The van der Waals surface area contributed by atoms with Crippen molar-refractivity contribution in [2.45, 2.75) is 71.4 Å². The Labute approximate surface area is 118 Å². The van der Waals surface area contributed by atoms with E-state index in [1.165, 1.54) is 32.1 Å². The molecule has 3 nitrogen and oxygen atoms in total. The van der Waals surface area contributed by atoms with Crippen molar-refractivity contribution >= 4 is 5.91 Å². The standard InChI is InChI=1S/C16H30N2O/c1-12-7-5-8-13(11-12)18(4)15(19)14-16(2,3)9-6-10-17-14/h12-14,17H,5-11H2,1-4H3. The Morgan fingerprint density at radius 2 is 2.00 bits per heavy atom. The van der Waals surface area contributed by atoms with Crippen molar-refractivity contribution < 1.29 is 4.79 Å². The van der Waals surface area contributed by atoms with E-state index in [9.17, 15) is 4.79 Å². The minimum absolute atomic E-state index is 0.00322. The Bertz CT molecular complexity index is 327. The molecule has 1 saturated carbocycles. The molecular formula is C16H30N2O. The van der Waals surface area contributed by atoms with Crippen LogP contribution in [-0.2, 0) is 4.79 Å². The summed E-state index contributed by atoms with van der Waals surface area (Å²) in [6.07, 6.45) is 7.28. The van der Waals surface area contributed by atoms with Crippen molar-refractivity contribution in [3.8, 4) is 0 Å². The molecule has 2 rings (SSSR count). The highest BCUT2D eigenvalue weighted by Gasteiger charge is 2.40. The first-order valence-corrected chi connectivity index (χ1v) is 7.92. The van der Waals surface area contributed by atoms with Gasteiger partial charge in [-0.25, -0.2) is 0 Å². The summed E-state index contributed by atoms with van der Waals surface area (Å²) in [6.45, 7) is 7.74. The Balaban J connectivity index is 2.01. The fourth-order valence-electron chi connectivity index (χ4n) is 3.77. The maximum atomic E-state index is 12.8. The number of carbonyl (C=O) groups excluding carboxylic acids is 1. The van der Waals surface area contributed by atoms with Crippen LogP contribution in [0.15, 0.2) is 0 Å². The van der Waals surface area contributed by atoms with E-state index in [0.29, 0.717) is 11.9 Å². The maximum absolute atomic E-state index is 12.8. The van der Waals surface area contributed by atoms with Gasteiger partial charge in [0.15, 0.2) is 0 Å². The molecule has 19 heavy (non-hydrogen) atoms. The highest BCUT2D eigenvalue weighted by Crippen LogP contribution is 2.33. The molecule has 0 aromatic heterocycles. The van der Waals surface area contributed by atoms with Crippen LogP contribution >= 0.6 is 0 Å². The molecule has 3 atom stereocenters. The minimum Gasteiger partial charge on any atom is -0.341 e. The Morgan fingerprint density at radius 1 is 1.26 bits per heavy atom. The first-order chi connectivity index (χ1) is 8.92. The van der Waals surface area contributed by atoms with Crippen molar-refractivity contribution in [3.05, 3.63) is 0 Å². The second-order valence-corrected chi connectivity index (χ2v) is 7.35. The third-order valence-electron chi connectivity index (χ3n) is 5.18. The lowest BCUT2D eigenvalue weighted by Gasteiger charge is -2.43. The summed E-state index contributed by atoms with van der Waals surface area (Å²) in [6, 6.07) is 0.458. The Kier molecular flexibility index (Phi) is 4.54. The lowest BCUT2D eigenvalue weighted by atomic mass is 9.76. The molecule has 3 heteroatoms. The smallest absolute Gasteiger partial charge is 0.240 e. The van der Waals surface area contributed by atoms with Gasteiger partial charge in [-0.2, -0.15) is 0 Å². The minimum atomic E-state index is 0.00322. The van der Waals surface area contributed by atoms with Gasteiger partial charge in [0.1, 0.15) is 0 Å². The predicted octanol–water partition coefficient (Wildman–Crippen LogP) is 2.80. The second kappa shape index (κ2) is 5.82. The van der Waals surface area contributed by atoms with Crippen LogP contribution in [0.5, 0.6) is 0 Å². The summed E-state index contributed by atoms with van der Waals surface area (Å²) in [7, 11) is 2.01. The van der Waals surface area contributed by atoms with E-state index in [1.807, 2.05) is 11.9 Å². The van der Waals surface area contributed by atoms with Crippen LogP contribution < -0.4 is 5.32 Å². The summed E-state index contributed by atoms with van der Waals surface area (Å²) in [4.78, 5) is 14.8. The van der Waals surface area contributed by atoms with E-state index in [4.69, 9.17) is 0 Å². The number of hydrogen-bond acceptors (Lipinski definition) is 2. The van der Waals surface area contributed by atoms with Crippen LogP contribution in [0.1, 0.15) is 59.3 Å². The zero-order chi connectivity index (χ0) is 14.0. The van der Waals surface area contributed by atoms with Crippen molar-refractivity contribution in [3.63, 3.8) is 0 Å². The van der Waals surface area contributed by atoms with Gasteiger partial charge in [0, 0.05) is 13.1 Å². The van der Waals surface area contributed by atoms with E-state index in [0.717, 1.165) is 18.9 Å². The zero-order valence-corrected chi connectivity index (χ0v) is 13.0. The van der Waals surface area contributed by atoms with Crippen LogP contribution in [-0.4, -0.2) is 36.5 Å². The molecule has 1 saturated heterocycles. The van der Waals surface area contributed by atoms with E-state index >= 15 is 0 Å². The molecule has 2 aliphatic rings. The third-order valence-corrected chi connectivity index (χ3v) is 5.18. The van der Waals surface area contributed by atoms with Crippen LogP contribution in [0, 0.1) is 11.3 Å². The Hall–Kier alpha value is -0.570. The van der Waals surface area contributed by atoms with E-state index < -0.39 is 0 Å². The molecule has 1 aliphatic carbocycles. The molecule has 0 aromatic carbocycles. The Morgan fingerprint density at radius 3 is 2.63 bits per heavy atom. The second-order valence-electron chi connectivity index (χ2n) is 7.35. The molecule has 0 aromatic rings. The number of rotatable bonds is 2. The van der Waals surface area contributed by atoms with Crippen LogP contribution in [0.3, 0.4) is 0 Å². The van der Waals surface area contributed by atoms with Crippen molar-refractivity contribution in [2.75, 3.05) is 13.6 Å². The van der Waals surface area contributed by atoms with Crippen molar-refractivity contribution in [2.24, 2.45) is 11.3 Å². The summed E-state index contributed by atoms with van der Waals surface area (Å²) in [5, 5.41) is 3.45. The van der Waals surface area contributed by atoms with Gasteiger partial charge in [0.2, 0.25) is 5.91 Å². The number of hydrogen-bond donors (Lipinski definition) is 1. The SMILES string of the molecule is CC1CCCC(N(C)C(=O)C2NCCCC2(C)C)C1. The molecular weight excluding hydrogens is 236 g/mol. The summed E-state index contributed by atoms with van der Waals surface area (Å²) >= 11 is 0. The molecule has 1 amide bonds. The van der Waals surface area contributed by atoms with Gasteiger partial charge in [0.05, 0.1) is 6.04 Å². The number of piperidine rings is 1. The van der Waals surface area contributed by atoms with Crippen molar-refractivity contribution in [1.82, 2.24) is 10.2 Å². The number of likely N-dealkylation sites (N-methyl/N-ethyl adjacent to an activating group) is 1. The van der Waals surface area contributed by atoms with E-state index in [2.05, 4.69) is 26.1 Å². The van der Waals surface area contributed by atoms with Gasteiger partial charge in [-0.1, -0.05) is 33.6 Å². The number of nitrogens with one attached hydrogen (secondary N) is 1.